The van der Waals surface area contributed by atoms with Gasteiger partial charge in [-0.2, -0.15) is 4.68 Å². The molecule has 4 rings (SSSR count). The van der Waals surface area contributed by atoms with Crippen molar-refractivity contribution < 1.29 is 4.42 Å². The minimum atomic E-state index is -0.484. The third kappa shape index (κ3) is 2.32. The number of fused-ring (bicyclic) bond motifs is 1. The van der Waals surface area contributed by atoms with Crippen LogP contribution in [0.1, 0.15) is 0 Å². The van der Waals surface area contributed by atoms with E-state index in [1.807, 2.05) is 60.7 Å². The Morgan fingerprint density at radius 2 is 1.74 bits per heavy atom. The molecule has 23 heavy (non-hydrogen) atoms. The minimum absolute atomic E-state index is 0.299. The van der Waals surface area contributed by atoms with E-state index in [2.05, 4.69) is 5.10 Å². The Labute approximate surface area is 131 Å². The highest BCUT2D eigenvalue weighted by Crippen LogP contribution is 2.30. The highest BCUT2D eigenvalue weighted by Gasteiger charge is 2.14. The summed E-state index contributed by atoms with van der Waals surface area (Å²) in [4.78, 5) is 16.3. The second-order valence-electron chi connectivity index (χ2n) is 5.23. The molecule has 0 spiro atoms. The molecule has 2 heterocycles. The van der Waals surface area contributed by atoms with E-state index >= 15 is 0 Å². The van der Waals surface area contributed by atoms with Crippen molar-refractivity contribution in [1.29, 1.82) is 0 Å². The molecule has 0 saturated heterocycles. The van der Waals surface area contributed by atoms with E-state index in [0.29, 0.717) is 5.89 Å². The van der Waals surface area contributed by atoms with E-state index in [0.717, 1.165) is 27.7 Å². The first-order valence-electron chi connectivity index (χ1n) is 7.22. The normalized spacial score (nSPS) is 11.0. The van der Waals surface area contributed by atoms with Crippen LogP contribution < -0.4 is 5.76 Å². The monoisotopic (exact) mass is 303 g/mol. The van der Waals surface area contributed by atoms with Crippen molar-refractivity contribution in [2.75, 3.05) is 0 Å². The Morgan fingerprint density at radius 1 is 1.00 bits per heavy atom. The van der Waals surface area contributed by atoms with Gasteiger partial charge in [0, 0.05) is 18.0 Å². The second kappa shape index (κ2) is 5.21. The van der Waals surface area contributed by atoms with E-state index in [1.165, 1.54) is 4.68 Å². The average molecular weight is 303 g/mol. The lowest BCUT2D eigenvalue weighted by Gasteiger charge is -2.07. The van der Waals surface area contributed by atoms with Crippen LogP contribution in [0.3, 0.4) is 0 Å². The molecule has 0 bridgehead atoms. The average Bonchev–Trinajstić information content (AvgIpc) is 2.93. The Hall–Kier alpha value is -3.21. The Morgan fingerprint density at radius 3 is 2.48 bits per heavy atom. The molecule has 0 unspecified atom stereocenters. The predicted octanol–water partition coefficient (Wildman–Crippen LogP) is 3.26. The number of hydrogen-bond donors (Lipinski definition) is 0. The Bertz CT molecular complexity index is 1050. The van der Waals surface area contributed by atoms with Crippen molar-refractivity contribution >= 4 is 10.9 Å². The van der Waals surface area contributed by atoms with Crippen LogP contribution in [-0.2, 0) is 7.05 Å². The Kier molecular flexibility index (Phi) is 3.05. The number of hydrogen-bond acceptors (Lipinski definition) is 4. The summed E-state index contributed by atoms with van der Waals surface area (Å²) in [5, 5.41) is 5.07. The summed E-state index contributed by atoms with van der Waals surface area (Å²) in [5.74, 6) is -0.185. The zero-order valence-corrected chi connectivity index (χ0v) is 12.4. The van der Waals surface area contributed by atoms with E-state index < -0.39 is 5.76 Å². The maximum Gasteiger partial charge on any atom is 0.437 e. The molecule has 0 saturated carbocycles. The summed E-state index contributed by atoms with van der Waals surface area (Å²) in [5.41, 5.74) is 3.40. The topological polar surface area (TPSA) is 60.9 Å². The fourth-order valence-electron chi connectivity index (χ4n) is 2.56. The van der Waals surface area contributed by atoms with Gasteiger partial charge in [0.1, 0.15) is 0 Å². The molecule has 0 aliphatic rings. The van der Waals surface area contributed by atoms with Gasteiger partial charge in [-0.15, -0.1) is 5.10 Å². The van der Waals surface area contributed by atoms with Crippen LogP contribution >= 0.6 is 0 Å². The van der Waals surface area contributed by atoms with Crippen LogP contribution in [0.4, 0.5) is 0 Å². The Balaban J connectivity index is 2.03. The summed E-state index contributed by atoms with van der Waals surface area (Å²) in [7, 11) is 1.57. The number of aryl methyl sites for hydroxylation is 1. The molecule has 112 valence electrons. The molecule has 5 heteroatoms. The summed E-state index contributed by atoms with van der Waals surface area (Å²) >= 11 is 0. The highest BCUT2D eigenvalue weighted by atomic mass is 16.4. The largest absolute Gasteiger partial charge is 0.437 e. The van der Waals surface area contributed by atoms with Crippen molar-refractivity contribution in [3.8, 4) is 22.7 Å². The van der Waals surface area contributed by atoms with Crippen molar-refractivity contribution in [3.63, 3.8) is 0 Å². The van der Waals surface area contributed by atoms with Gasteiger partial charge in [-0.3, -0.25) is 0 Å². The molecule has 0 amide bonds. The first-order valence-corrected chi connectivity index (χ1v) is 7.22. The molecule has 0 fully saturated rings. The van der Waals surface area contributed by atoms with Crippen LogP contribution in [-0.4, -0.2) is 14.8 Å². The molecular formula is C18H13N3O2. The third-order valence-electron chi connectivity index (χ3n) is 3.71. The zero-order chi connectivity index (χ0) is 15.8. The van der Waals surface area contributed by atoms with Gasteiger partial charge in [-0.1, -0.05) is 48.5 Å². The lowest BCUT2D eigenvalue weighted by molar-refractivity contribution is 0.505. The smallest absolute Gasteiger partial charge is 0.388 e. The maximum atomic E-state index is 11.6. The summed E-state index contributed by atoms with van der Waals surface area (Å²) in [6.45, 7) is 0. The number of para-hydroxylation sites is 1. The van der Waals surface area contributed by atoms with Gasteiger partial charge in [-0.05, 0) is 12.1 Å². The number of aromatic nitrogens is 3. The van der Waals surface area contributed by atoms with Crippen molar-refractivity contribution in [1.82, 2.24) is 14.8 Å². The molecule has 0 radical (unpaired) electrons. The van der Waals surface area contributed by atoms with Gasteiger partial charge in [0.05, 0.1) is 16.8 Å². The molecule has 0 aliphatic carbocycles. The summed E-state index contributed by atoms with van der Waals surface area (Å²) in [6, 6.07) is 19.5. The molecule has 0 atom stereocenters. The van der Waals surface area contributed by atoms with Crippen LogP contribution in [0, 0.1) is 0 Å². The maximum absolute atomic E-state index is 11.6. The predicted molar refractivity (Wildman–Crippen MR) is 87.9 cm³/mol. The standard InChI is InChI=1S/C18H13N3O2/c1-21-18(22)23-17(20-21)14-11-16(12-7-3-2-4-8-12)19-15-10-6-5-9-13(14)15/h2-11H,1H3. The van der Waals surface area contributed by atoms with Crippen LogP contribution in [0.5, 0.6) is 0 Å². The first kappa shape index (κ1) is 13.5. The molecular weight excluding hydrogens is 290 g/mol. The van der Waals surface area contributed by atoms with E-state index in [9.17, 15) is 4.79 Å². The van der Waals surface area contributed by atoms with Crippen LogP contribution in [0.25, 0.3) is 33.6 Å². The van der Waals surface area contributed by atoms with Crippen molar-refractivity contribution in [2.24, 2.45) is 7.05 Å². The molecule has 4 aromatic rings. The highest BCUT2D eigenvalue weighted by molar-refractivity contribution is 5.94. The number of rotatable bonds is 2. The zero-order valence-electron chi connectivity index (χ0n) is 12.4. The van der Waals surface area contributed by atoms with Gasteiger partial charge in [0.15, 0.2) is 0 Å². The van der Waals surface area contributed by atoms with Crippen molar-refractivity contribution in [2.45, 2.75) is 0 Å². The van der Waals surface area contributed by atoms with Crippen LogP contribution in [0.15, 0.2) is 69.9 Å². The molecule has 0 N–H and O–H groups in total. The molecule has 5 nitrogen and oxygen atoms in total. The van der Waals surface area contributed by atoms with Gasteiger partial charge >= 0.3 is 5.76 Å². The van der Waals surface area contributed by atoms with Gasteiger partial charge < -0.3 is 4.42 Å². The number of nitrogens with zero attached hydrogens (tertiary/aromatic N) is 3. The third-order valence-corrected chi connectivity index (χ3v) is 3.71. The van der Waals surface area contributed by atoms with Crippen molar-refractivity contribution in [3.05, 3.63) is 71.2 Å². The molecule has 0 aliphatic heterocycles. The SMILES string of the molecule is Cn1nc(-c2cc(-c3ccccc3)nc3ccccc23)oc1=O. The molecule has 2 aromatic carbocycles. The summed E-state index contributed by atoms with van der Waals surface area (Å²) < 4.78 is 6.46. The lowest BCUT2D eigenvalue weighted by atomic mass is 10.0. The quantitative estimate of drug-likeness (QED) is 0.570. The number of benzene rings is 2. The van der Waals surface area contributed by atoms with E-state index in [4.69, 9.17) is 9.40 Å². The van der Waals surface area contributed by atoms with Gasteiger partial charge in [0.25, 0.3) is 0 Å². The lowest BCUT2D eigenvalue weighted by Crippen LogP contribution is -2.09. The van der Waals surface area contributed by atoms with Gasteiger partial charge in [0.2, 0.25) is 5.89 Å². The second-order valence-corrected chi connectivity index (χ2v) is 5.23. The van der Waals surface area contributed by atoms with Crippen LogP contribution in [0.2, 0.25) is 0 Å². The fraction of sp³-hybridized carbons (Fsp3) is 0.0556. The molecule has 2 aromatic heterocycles. The minimum Gasteiger partial charge on any atom is -0.388 e. The van der Waals surface area contributed by atoms with E-state index in [-0.39, 0.29) is 0 Å². The van der Waals surface area contributed by atoms with Gasteiger partial charge in [-0.25, -0.2) is 9.78 Å². The number of pyridine rings is 1. The summed E-state index contributed by atoms with van der Waals surface area (Å²) in [6.07, 6.45) is 0. The fourth-order valence-corrected chi connectivity index (χ4v) is 2.56. The van der Waals surface area contributed by atoms with E-state index in [1.54, 1.807) is 7.05 Å². The first-order chi connectivity index (χ1) is 11.2.